The van der Waals surface area contributed by atoms with E-state index in [0.717, 1.165) is 22.2 Å². The molecule has 0 aliphatic carbocycles. The molecule has 0 fully saturated rings. The maximum absolute atomic E-state index is 13.9. The molecule has 132 valence electrons. The zero-order valence-corrected chi connectivity index (χ0v) is 14.3. The number of methoxy groups -OCH3 is 1. The van der Waals surface area contributed by atoms with E-state index in [1.165, 1.54) is 12.1 Å². The highest BCUT2D eigenvalue weighted by molar-refractivity contribution is 6.23. The molecule has 27 heavy (non-hydrogen) atoms. The van der Waals surface area contributed by atoms with Gasteiger partial charge in [0.25, 0.3) is 5.56 Å². The molecule has 5 aromatic rings. The first-order valence-corrected chi connectivity index (χ1v) is 8.42. The van der Waals surface area contributed by atoms with E-state index in [1.54, 1.807) is 25.4 Å². The molecular weight excluding hydrogens is 345 g/mol. The zero-order chi connectivity index (χ0) is 18.5. The molecule has 0 unspecified atom stereocenters. The van der Waals surface area contributed by atoms with Gasteiger partial charge in [0, 0.05) is 27.9 Å². The van der Waals surface area contributed by atoms with Crippen LogP contribution in [0.15, 0.2) is 59.5 Å². The summed E-state index contributed by atoms with van der Waals surface area (Å²) in [4.78, 5) is 23.2. The van der Waals surface area contributed by atoms with Gasteiger partial charge in [-0.1, -0.05) is 0 Å². The van der Waals surface area contributed by atoms with Crippen molar-refractivity contribution in [1.82, 2.24) is 15.0 Å². The molecule has 0 saturated carbocycles. The van der Waals surface area contributed by atoms with Crippen LogP contribution in [0.5, 0.6) is 5.75 Å². The minimum atomic E-state index is -0.391. The fourth-order valence-corrected chi connectivity index (χ4v) is 3.53. The Morgan fingerprint density at radius 1 is 1.00 bits per heavy atom. The molecule has 5 rings (SSSR count). The molecule has 0 aliphatic rings. The molecular formula is C21H14FN3O2. The first-order chi connectivity index (χ1) is 13.2. The fourth-order valence-electron chi connectivity index (χ4n) is 3.53. The lowest BCUT2D eigenvalue weighted by molar-refractivity contribution is 0.415. The van der Waals surface area contributed by atoms with E-state index in [9.17, 15) is 9.18 Å². The molecule has 6 heteroatoms. The number of fused-ring (bicyclic) bond motifs is 6. The Bertz CT molecular complexity index is 1380. The van der Waals surface area contributed by atoms with Crippen LogP contribution in [0.3, 0.4) is 0 Å². The van der Waals surface area contributed by atoms with Crippen LogP contribution in [-0.4, -0.2) is 22.1 Å². The van der Waals surface area contributed by atoms with Crippen molar-refractivity contribution in [3.8, 4) is 17.1 Å². The molecule has 5 nitrogen and oxygen atoms in total. The number of H-pyrrole nitrogens is 2. The van der Waals surface area contributed by atoms with Crippen LogP contribution in [0.1, 0.15) is 0 Å². The smallest absolute Gasteiger partial charge is 0.256 e. The number of halogens is 1. The van der Waals surface area contributed by atoms with E-state index in [-0.39, 0.29) is 5.56 Å². The molecule has 0 spiro atoms. The Hall–Kier alpha value is -3.67. The van der Waals surface area contributed by atoms with Crippen molar-refractivity contribution in [3.05, 3.63) is 70.9 Å². The number of pyridine rings is 1. The second kappa shape index (κ2) is 5.67. The van der Waals surface area contributed by atoms with Crippen LogP contribution >= 0.6 is 0 Å². The average Bonchev–Trinajstić information content (AvgIpc) is 3.13. The summed E-state index contributed by atoms with van der Waals surface area (Å²) in [6, 6.07) is 13.8. The maximum Gasteiger partial charge on any atom is 0.256 e. The van der Waals surface area contributed by atoms with Crippen LogP contribution in [0.2, 0.25) is 0 Å². The number of hydrogen-bond donors (Lipinski definition) is 2. The molecule has 2 heterocycles. The van der Waals surface area contributed by atoms with Crippen molar-refractivity contribution in [2.24, 2.45) is 0 Å². The lowest BCUT2D eigenvalue weighted by Gasteiger charge is -2.05. The molecule has 0 radical (unpaired) electrons. The first kappa shape index (κ1) is 15.6. The van der Waals surface area contributed by atoms with Crippen LogP contribution < -0.4 is 10.3 Å². The lowest BCUT2D eigenvalue weighted by Crippen LogP contribution is -2.05. The van der Waals surface area contributed by atoms with Crippen molar-refractivity contribution in [1.29, 1.82) is 0 Å². The van der Waals surface area contributed by atoms with Crippen molar-refractivity contribution < 1.29 is 9.13 Å². The Morgan fingerprint density at radius 2 is 1.81 bits per heavy atom. The van der Waals surface area contributed by atoms with Gasteiger partial charge in [-0.25, -0.2) is 9.37 Å². The Balaban J connectivity index is 1.91. The molecule has 2 aromatic heterocycles. The number of aromatic amines is 2. The normalized spacial score (nSPS) is 11.5. The topological polar surface area (TPSA) is 70.8 Å². The Kier molecular flexibility index (Phi) is 3.27. The largest absolute Gasteiger partial charge is 0.497 e. The number of aromatic nitrogens is 3. The number of rotatable bonds is 2. The molecule has 2 N–H and O–H groups in total. The van der Waals surface area contributed by atoms with Gasteiger partial charge in [-0.2, -0.15) is 0 Å². The van der Waals surface area contributed by atoms with Gasteiger partial charge in [-0.3, -0.25) is 4.79 Å². The van der Waals surface area contributed by atoms with Crippen LogP contribution in [0, 0.1) is 5.82 Å². The number of hydrogen-bond acceptors (Lipinski definition) is 3. The molecule has 0 bridgehead atoms. The molecule has 3 aromatic carbocycles. The lowest BCUT2D eigenvalue weighted by atomic mass is 10.0. The summed E-state index contributed by atoms with van der Waals surface area (Å²) < 4.78 is 19.1. The number of ether oxygens (including phenoxy) is 1. The second-order valence-electron chi connectivity index (χ2n) is 6.32. The summed E-state index contributed by atoms with van der Waals surface area (Å²) in [7, 11) is 1.62. The number of imidazole rings is 1. The molecule has 0 amide bonds. The van der Waals surface area contributed by atoms with E-state index in [2.05, 4.69) is 9.97 Å². The Labute approximate surface area is 152 Å². The van der Waals surface area contributed by atoms with Crippen LogP contribution in [0.4, 0.5) is 4.39 Å². The minimum absolute atomic E-state index is 0.259. The van der Waals surface area contributed by atoms with Gasteiger partial charge in [0.1, 0.15) is 17.4 Å². The summed E-state index contributed by atoms with van der Waals surface area (Å²) in [5, 5.41) is 2.43. The number of nitrogens with zero attached hydrogens (tertiary/aromatic N) is 1. The average molecular weight is 359 g/mol. The third-order valence-electron chi connectivity index (χ3n) is 4.80. The summed E-state index contributed by atoms with van der Waals surface area (Å²) in [6.07, 6.45) is 1.59. The molecule has 0 saturated heterocycles. The maximum atomic E-state index is 13.9. The van der Waals surface area contributed by atoms with Crippen molar-refractivity contribution in [3.63, 3.8) is 0 Å². The van der Waals surface area contributed by atoms with Gasteiger partial charge in [0.05, 0.1) is 23.5 Å². The highest BCUT2D eigenvalue weighted by atomic mass is 19.1. The highest BCUT2D eigenvalue weighted by Crippen LogP contribution is 2.34. The van der Waals surface area contributed by atoms with E-state index in [1.807, 2.05) is 24.3 Å². The van der Waals surface area contributed by atoms with Crippen molar-refractivity contribution in [2.45, 2.75) is 0 Å². The van der Waals surface area contributed by atoms with Crippen molar-refractivity contribution in [2.75, 3.05) is 7.11 Å². The summed E-state index contributed by atoms with van der Waals surface area (Å²) in [6.45, 7) is 0. The summed E-state index contributed by atoms with van der Waals surface area (Å²) in [5.74, 6) is 1.04. The van der Waals surface area contributed by atoms with Gasteiger partial charge in [-0.05, 0) is 48.5 Å². The minimum Gasteiger partial charge on any atom is -0.497 e. The van der Waals surface area contributed by atoms with Gasteiger partial charge >= 0.3 is 0 Å². The second-order valence-corrected chi connectivity index (χ2v) is 6.32. The molecule has 0 atom stereocenters. The number of benzene rings is 3. The standard InChI is InChI=1S/C21H14FN3O2/c1-27-13-5-2-11(3-6-13)20-24-18-14-7-4-12(22)10-16(14)17-15(19(18)25-20)8-9-23-21(17)26/h2-10H,1H3,(H,23,26)(H,24,25). The highest BCUT2D eigenvalue weighted by Gasteiger charge is 2.16. The van der Waals surface area contributed by atoms with E-state index in [4.69, 9.17) is 9.72 Å². The SMILES string of the molecule is COc1ccc(-c2nc3c4ccc(F)cc4c4c(=O)[nH]ccc4c3[nH]2)cc1. The quantitative estimate of drug-likeness (QED) is 0.460. The summed E-state index contributed by atoms with van der Waals surface area (Å²) >= 11 is 0. The fraction of sp³-hybridized carbons (Fsp3) is 0.0476. The predicted molar refractivity (Wildman–Crippen MR) is 104 cm³/mol. The summed E-state index contributed by atoms with van der Waals surface area (Å²) in [5.41, 5.74) is 2.08. The van der Waals surface area contributed by atoms with Gasteiger partial charge < -0.3 is 14.7 Å². The van der Waals surface area contributed by atoms with E-state index >= 15 is 0 Å². The number of nitrogens with one attached hydrogen (secondary N) is 2. The van der Waals surface area contributed by atoms with Gasteiger partial charge in [-0.15, -0.1) is 0 Å². The van der Waals surface area contributed by atoms with E-state index in [0.29, 0.717) is 27.5 Å². The van der Waals surface area contributed by atoms with Crippen LogP contribution in [-0.2, 0) is 0 Å². The van der Waals surface area contributed by atoms with Gasteiger partial charge in [0.15, 0.2) is 0 Å². The van der Waals surface area contributed by atoms with E-state index < -0.39 is 5.82 Å². The zero-order valence-electron chi connectivity index (χ0n) is 14.3. The van der Waals surface area contributed by atoms with Crippen LogP contribution in [0.25, 0.3) is 44.0 Å². The van der Waals surface area contributed by atoms with Gasteiger partial charge in [0.2, 0.25) is 0 Å². The first-order valence-electron chi connectivity index (χ1n) is 8.42. The van der Waals surface area contributed by atoms with Crippen molar-refractivity contribution >= 4 is 32.6 Å². The monoisotopic (exact) mass is 359 g/mol. The predicted octanol–water partition coefficient (Wildman–Crippen LogP) is 4.37. The third-order valence-corrected chi connectivity index (χ3v) is 4.80. The third kappa shape index (κ3) is 2.30. The molecule has 0 aliphatic heterocycles. The Morgan fingerprint density at radius 3 is 2.59 bits per heavy atom.